The molecule has 114 valence electrons. The molecular weight excluding hydrogens is 284 g/mol. The molecule has 0 radical (unpaired) electrons. The van der Waals surface area contributed by atoms with Crippen molar-refractivity contribution in [3.8, 4) is 0 Å². The predicted molar refractivity (Wildman–Crippen MR) is 88.3 cm³/mol. The number of para-hydroxylation sites is 1. The average Bonchev–Trinajstić information content (AvgIpc) is 2.45. The first-order valence-electron chi connectivity index (χ1n) is 7.36. The van der Waals surface area contributed by atoms with Crippen molar-refractivity contribution in [2.75, 3.05) is 11.9 Å². The van der Waals surface area contributed by atoms with Crippen LogP contribution in [0.25, 0.3) is 0 Å². The lowest BCUT2D eigenvalue weighted by atomic mass is 9.89. The summed E-state index contributed by atoms with van der Waals surface area (Å²) < 4.78 is 5.71. The molecule has 1 fully saturated rings. The van der Waals surface area contributed by atoms with Gasteiger partial charge in [-0.1, -0.05) is 44.1 Å². The maximum absolute atomic E-state index is 12.0. The third-order valence-electron chi connectivity index (χ3n) is 3.81. The van der Waals surface area contributed by atoms with E-state index < -0.39 is 0 Å². The lowest BCUT2D eigenvalue weighted by Gasteiger charge is -2.26. The lowest BCUT2D eigenvalue weighted by molar-refractivity contribution is -0.123. The van der Waals surface area contributed by atoms with Crippen molar-refractivity contribution >= 4 is 28.8 Å². The average molecular weight is 306 g/mol. The Morgan fingerprint density at radius 3 is 2.90 bits per heavy atom. The Bertz CT molecular complexity index is 519. The number of carbonyl (C=O) groups is 1. The van der Waals surface area contributed by atoms with Gasteiger partial charge in [0.1, 0.15) is 11.6 Å². The van der Waals surface area contributed by atoms with E-state index in [9.17, 15) is 4.79 Å². The maximum atomic E-state index is 12.0. The minimum Gasteiger partial charge on any atom is -0.389 e. The fourth-order valence-corrected chi connectivity index (χ4v) is 2.89. The number of amides is 1. The number of hydrogen-bond acceptors (Lipinski definition) is 3. The second kappa shape index (κ2) is 7.52. The van der Waals surface area contributed by atoms with Crippen LogP contribution in [0.2, 0.25) is 0 Å². The molecule has 2 rings (SSSR count). The van der Waals surface area contributed by atoms with Crippen LogP contribution in [0.4, 0.5) is 5.69 Å². The molecule has 2 unspecified atom stereocenters. The highest BCUT2D eigenvalue weighted by Crippen LogP contribution is 2.25. The fourth-order valence-electron chi connectivity index (χ4n) is 2.72. The fraction of sp³-hybridized carbons (Fsp3) is 0.500. The molecule has 5 heteroatoms. The summed E-state index contributed by atoms with van der Waals surface area (Å²) in [4.78, 5) is 12.3. The summed E-state index contributed by atoms with van der Waals surface area (Å²) in [5.41, 5.74) is 6.95. The Balaban J connectivity index is 1.86. The van der Waals surface area contributed by atoms with Crippen LogP contribution in [-0.4, -0.2) is 23.6 Å². The summed E-state index contributed by atoms with van der Waals surface area (Å²) in [6.45, 7) is 2.30. The van der Waals surface area contributed by atoms with E-state index >= 15 is 0 Å². The first kappa shape index (κ1) is 15.9. The van der Waals surface area contributed by atoms with Crippen molar-refractivity contribution in [1.82, 2.24) is 0 Å². The van der Waals surface area contributed by atoms with Gasteiger partial charge in [-0.25, -0.2) is 0 Å². The molecule has 4 nitrogen and oxygen atoms in total. The summed E-state index contributed by atoms with van der Waals surface area (Å²) in [7, 11) is 0. The predicted octanol–water partition coefficient (Wildman–Crippen LogP) is 2.85. The molecule has 1 saturated carbocycles. The molecule has 1 aromatic rings. The van der Waals surface area contributed by atoms with Crippen LogP contribution in [0.5, 0.6) is 0 Å². The third kappa shape index (κ3) is 4.79. The van der Waals surface area contributed by atoms with Gasteiger partial charge in [0.15, 0.2) is 0 Å². The quantitative estimate of drug-likeness (QED) is 0.821. The molecule has 3 N–H and O–H groups in total. The van der Waals surface area contributed by atoms with Gasteiger partial charge in [0.2, 0.25) is 5.91 Å². The van der Waals surface area contributed by atoms with Gasteiger partial charge in [0, 0.05) is 5.56 Å². The molecule has 0 aliphatic heterocycles. The van der Waals surface area contributed by atoms with Crippen LogP contribution in [0.3, 0.4) is 0 Å². The number of thiocarbonyl (C=S) groups is 1. The number of nitrogens with two attached hydrogens (primary N) is 1. The molecule has 1 aliphatic carbocycles. The highest BCUT2D eigenvalue weighted by atomic mass is 32.1. The highest BCUT2D eigenvalue weighted by molar-refractivity contribution is 7.80. The number of hydrogen-bond donors (Lipinski definition) is 2. The largest absolute Gasteiger partial charge is 0.389 e. The zero-order chi connectivity index (χ0) is 15.2. The van der Waals surface area contributed by atoms with Crippen LogP contribution >= 0.6 is 12.2 Å². The van der Waals surface area contributed by atoms with Gasteiger partial charge in [-0.05, 0) is 30.9 Å². The van der Waals surface area contributed by atoms with Crippen LogP contribution in [0.15, 0.2) is 24.3 Å². The highest BCUT2D eigenvalue weighted by Gasteiger charge is 2.20. The molecule has 21 heavy (non-hydrogen) atoms. The van der Waals surface area contributed by atoms with E-state index in [4.69, 9.17) is 22.7 Å². The Labute approximate surface area is 131 Å². The van der Waals surface area contributed by atoms with Crippen molar-refractivity contribution in [1.29, 1.82) is 0 Å². The van der Waals surface area contributed by atoms with E-state index in [1.807, 2.05) is 12.1 Å². The molecule has 1 aliphatic rings. The van der Waals surface area contributed by atoms with Crippen LogP contribution in [0, 0.1) is 5.92 Å². The van der Waals surface area contributed by atoms with Crippen molar-refractivity contribution in [3.05, 3.63) is 29.8 Å². The van der Waals surface area contributed by atoms with Gasteiger partial charge in [-0.2, -0.15) is 0 Å². The van der Waals surface area contributed by atoms with Crippen molar-refractivity contribution in [2.45, 2.75) is 38.7 Å². The number of ether oxygens (including phenoxy) is 1. The van der Waals surface area contributed by atoms with E-state index in [2.05, 4.69) is 12.2 Å². The van der Waals surface area contributed by atoms with Crippen LogP contribution in [0.1, 0.15) is 38.2 Å². The molecule has 0 saturated heterocycles. The van der Waals surface area contributed by atoms with E-state index in [-0.39, 0.29) is 23.6 Å². The van der Waals surface area contributed by atoms with Gasteiger partial charge in [-0.15, -0.1) is 0 Å². The summed E-state index contributed by atoms with van der Waals surface area (Å²) in [5, 5.41) is 2.81. The number of benzene rings is 1. The number of anilines is 1. The topological polar surface area (TPSA) is 64.3 Å². The molecule has 2 atom stereocenters. The monoisotopic (exact) mass is 306 g/mol. The molecule has 1 amide bonds. The molecule has 0 heterocycles. The maximum Gasteiger partial charge on any atom is 0.250 e. The first-order chi connectivity index (χ1) is 10.1. The smallest absolute Gasteiger partial charge is 0.250 e. The summed E-state index contributed by atoms with van der Waals surface area (Å²) >= 11 is 4.98. The SMILES string of the molecule is CC1CCCC(OCC(=O)Nc2ccccc2C(N)=S)C1. The summed E-state index contributed by atoms with van der Waals surface area (Å²) in [5.74, 6) is 0.513. The second-order valence-corrected chi connectivity index (χ2v) is 6.10. The Hall–Kier alpha value is -1.46. The molecule has 0 spiro atoms. The first-order valence-corrected chi connectivity index (χ1v) is 7.77. The molecule has 0 bridgehead atoms. The number of carbonyl (C=O) groups excluding carboxylic acids is 1. The third-order valence-corrected chi connectivity index (χ3v) is 4.02. The van der Waals surface area contributed by atoms with Crippen molar-refractivity contribution < 1.29 is 9.53 Å². The van der Waals surface area contributed by atoms with E-state index in [0.29, 0.717) is 17.2 Å². The minimum atomic E-state index is -0.170. The molecular formula is C16H22N2O2S. The number of nitrogens with one attached hydrogen (secondary N) is 1. The Kier molecular flexibility index (Phi) is 5.70. The second-order valence-electron chi connectivity index (χ2n) is 5.66. The Morgan fingerprint density at radius 2 is 2.19 bits per heavy atom. The minimum absolute atomic E-state index is 0.0725. The lowest BCUT2D eigenvalue weighted by Crippen LogP contribution is -2.27. The van der Waals surface area contributed by atoms with Crippen molar-refractivity contribution in [2.24, 2.45) is 11.7 Å². The van der Waals surface area contributed by atoms with Gasteiger partial charge in [0.05, 0.1) is 11.8 Å². The van der Waals surface area contributed by atoms with Gasteiger partial charge in [0.25, 0.3) is 0 Å². The van der Waals surface area contributed by atoms with Gasteiger partial charge >= 0.3 is 0 Å². The van der Waals surface area contributed by atoms with Gasteiger partial charge < -0.3 is 15.8 Å². The van der Waals surface area contributed by atoms with Crippen LogP contribution < -0.4 is 11.1 Å². The van der Waals surface area contributed by atoms with Gasteiger partial charge in [-0.3, -0.25) is 4.79 Å². The Morgan fingerprint density at radius 1 is 1.43 bits per heavy atom. The molecule has 0 aromatic heterocycles. The van der Waals surface area contributed by atoms with E-state index in [1.54, 1.807) is 12.1 Å². The van der Waals surface area contributed by atoms with Crippen LogP contribution in [-0.2, 0) is 9.53 Å². The number of rotatable bonds is 5. The van der Waals surface area contributed by atoms with Crippen molar-refractivity contribution in [3.63, 3.8) is 0 Å². The molecule has 1 aromatic carbocycles. The summed E-state index contributed by atoms with van der Waals surface area (Å²) in [6.07, 6.45) is 4.72. The van der Waals surface area contributed by atoms with E-state index in [1.165, 1.54) is 12.8 Å². The zero-order valence-corrected chi connectivity index (χ0v) is 13.1. The summed E-state index contributed by atoms with van der Waals surface area (Å²) in [6, 6.07) is 7.25. The van der Waals surface area contributed by atoms with E-state index in [0.717, 1.165) is 12.8 Å². The normalized spacial score (nSPS) is 21.8. The zero-order valence-electron chi connectivity index (χ0n) is 12.3. The standard InChI is InChI=1S/C16H22N2O2S/c1-11-5-4-6-12(9-11)20-10-15(19)18-14-8-3-2-7-13(14)16(17)21/h2-3,7-8,11-12H,4-6,9-10H2,1H3,(H2,17,21)(H,18,19).